The number of aromatic nitrogens is 1. The van der Waals surface area contributed by atoms with Crippen molar-refractivity contribution in [3.63, 3.8) is 0 Å². The summed E-state index contributed by atoms with van der Waals surface area (Å²) in [4.78, 5) is 11.5. The number of nitrogens with zero attached hydrogens (tertiary/aromatic N) is 3. The van der Waals surface area contributed by atoms with E-state index in [-0.39, 0.29) is 24.0 Å². The van der Waals surface area contributed by atoms with Crippen LogP contribution in [0.5, 0.6) is 0 Å². The molecule has 2 aromatic rings. The van der Waals surface area contributed by atoms with Crippen molar-refractivity contribution in [1.29, 1.82) is 0 Å². The number of aryl methyl sites for hydroxylation is 1. The van der Waals surface area contributed by atoms with Gasteiger partial charge in [0.25, 0.3) is 0 Å². The first-order chi connectivity index (χ1) is 13.2. The molecule has 2 N–H and O–H groups in total. The van der Waals surface area contributed by atoms with Gasteiger partial charge in [-0.05, 0) is 66.4 Å². The van der Waals surface area contributed by atoms with Gasteiger partial charge in [-0.1, -0.05) is 18.2 Å². The zero-order valence-corrected chi connectivity index (χ0v) is 20.4. The van der Waals surface area contributed by atoms with Gasteiger partial charge in [-0.3, -0.25) is 9.98 Å². The second kappa shape index (κ2) is 11.6. The van der Waals surface area contributed by atoms with Crippen molar-refractivity contribution in [2.45, 2.75) is 32.7 Å². The number of guanidine groups is 1. The summed E-state index contributed by atoms with van der Waals surface area (Å²) in [6.45, 7) is 7.75. The van der Waals surface area contributed by atoms with Crippen LogP contribution in [-0.4, -0.2) is 43.2 Å². The Morgan fingerprint density at radius 3 is 2.82 bits per heavy atom. The van der Waals surface area contributed by atoms with E-state index >= 15 is 0 Å². The molecule has 1 aliphatic heterocycles. The van der Waals surface area contributed by atoms with E-state index in [1.165, 1.54) is 11.3 Å². The summed E-state index contributed by atoms with van der Waals surface area (Å²) in [6, 6.07) is 13.0. The number of halogens is 2. The van der Waals surface area contributed by atoms with Crippen molar-refractivity contribution in [1.82, 2.24) is 15.6 Å². The molecule has 3 rings (SSSR count). The Kier molecular flexibility index (Phi) is 9.50. The number of hydrogen-bond acceptors (Lipinski definition) is 3. The summed E-state index contributed by atoms with van der Waals surface area (Å²) >= 11 is 3.66. The van der Waals surface area contributed by atoms with E-state index in [0.717, 1.165) is 55.1 Å². The molecule has 0 radical (unpaired) electrons. The van der Waals surface area contributed by atoms with Crippen LogP contribution in [0.25, 0.3) is 0 Å². The summed E-state index contributed by atoms with van der Waals surface area (Å²) < 4.78 is 1.15. The summed E-state index contributed by atoms with van der Waals surface area (Å²) in [6.07, 6.45) is 3.95. The molecule has 1 unspecified atom stereocenters. The fourth-order valence-corrected chi connectivity index (χ4v) is 3.80. The third-order valence-electron chi connectivity index (χ3n) is 4.71. The maximum Gasteiger partial charge on any atom is 0.191 e. The SMILES string of the molecule is CCNC(=NCCc1ccc(C)nc1)NC1CCN(c2ccccc2Br)C1.I. The zero-order chi connectivity index (χ0) is 19.1. The number of rotatable bonds is 6. The van der Waals surface area contributed by atoms with Gasteiger partial charge in [-0.2, -0.15) is 0 Å². The second-order valence-corrected chi connectivity index (χ2v) is 7.70. The van der Waals surface area contributed by atoms with E-state index < -0.39 is 0 Å². The molecule has 0 spiro atoms. The Hall–Kier alpha value is -1.35. The highest BCUT2D eigenvalue weighted by Crippen LogP contribution is 2.28. The molecule has 7 heteroatoms. The van der Waals surface area contributed by atoms with Gasteiger partial charge >= 0.3 is 0 Å². The first kappa shape index (κ1) is 22.9. The minimum atomic E-state index is 0. The summed E-state index contributed by atoms with van der Waals surface area (Å²) in [5.74, 6) is 0.900. The maximum absolute atomic E-state index is 4.75. The molecule has 0 bridgehead atoms. The van der Waals surface area contributed by atoms with Gasteiger partial charge in [0.2, 0.25) is 0 Å². The number of nitrogens with one attached hydrogen (secondary N) is 2. The van der Waals surface area contributed by atoms with Crippen LogP contribution in [0, 0.1) is 6.92 Å². The normalized spacial score (nSPS) is 16.6. The minimum Gasteiger partial charge on any atom is -0.368 e. The molecule has 0 amide bonds. The van der Waals surface area contributed by atoms with E-state index in [1.807, 2.05) is 13.1 Å². The smallest absolute Gasteiger partial charge is 0.191 e. The lowest BCUT2D eigenvalue weighted by Crippen LogP contribution is -2.44. The molecule has 28 heavy (non-hydrogen) atoms. The molecule has 0 saturated carbocycles. The van der Waals surface area contributed by atoms with Crippen molar-refractivity contribution >= 4 is 51.6 Å². The molecular formula is C21H29BrIN5. The zero-order valence-electron chi connectivity index (χ0n) is 16.5. The average molecular weight is 558 g/mol. The van der Waals surface area contributed by atoms with Crippen LogP contribution in [0.4, 0.5) is 5.69 Å². The summed E-state index contributed by atoms with van der Waals surface area (Å²) in [5, 5.41) is 6.96. The number of para-hydroxylation sites is 1. The maximum atomic E-state index is 4.75. The van der Waals surface area contributed by atoms with Crippen LogP contribution in [0.15, 0.2) is 52.1 Å². The highest BCUT2D eigenvalue weighted by molar-refractivity contribution is 14.0. The van der Waals surface area contributed by atoms with Crippen molar-refractivity contribution in [3.05, 3.63) is 58.3 Å². The lowest BCUT2D eigenvalue weighted by molar-refractivity contribution is 0.649. The number of hydrogen-bond donors (Lipinski definition) is 2. The highest BCUT2D eigenvalue weighted by Gasteiger charge is 2.24. The quantitative estimate of drug-likeness (QED) is 0.318. The van der Waals surface area contributed by atoms with Crippen LogP contribution in [0.1, 0.15) is 24.6 Å². The van der Waals surface area contributed by atoms with E-state index in [9.17, 15) is 0 Å². The monoisotopic (exact) mass is 557 g/mol. The molecule has 1 saturated heterocycles. The molecule has 1 fully saturated rings. The van der Waals surface area contributed by atoms with Crippen LogP contribution in [0.3, 0.4) is 0 Å². The fraction of sp³-hybridized carbons (Fsp3) is 0.429. The number of anilines is 1. The van der Waals surface area contributed by atoms with E-state index in [4.69, 9.17) is 4.99 Å². The molecular weight excluding hydrogens is 529 g/mol. The predicted molar refractivity (Wildman–Crippen MR) is 132 cm³/mol. The highest BCUT2D eigenvalue weighted by atomic mass is 127. The first-order valence-electron chi connectivity index (χ1n) is 9.61. The lowest BCUT2D eigenvalue weighted by Gasteiger charge is -2.21. The largest absolute Gasteiger partial charge is 0.368 e. The fourth-order valence-electron chi connectivity index (χ4n) is 3.26. The van der Waals surface area contributed by atoms with Gasteiger partial charge in [0.1, 0.15) is 0 Å². The molecule has 1 aliphatic rings. The van der Waals surface area contributed by atoms with Crippen LogP contribution >= 0.6 is 39.9 Å². The van der Waals surface area contributed by atoms with Gasteiger partial charge in [-0.25, -0.2) is 0 Å². The Bertz CT molecular complexity index is 766. The number of pyridine rings is 1. The molecule has 152 valence electrons. The molecule has 1 aromatic carbocycles. The molecule has 1 atom stereocenters. The molecule has 2 heterocycles. The predicted octanol–water partition coefficient (Wildman–Crippen LogP) is 4.15. The Balaban J connectivity index is 0.00000280. The van der Waals surface area contributed by atoms with Crippen molar-refractivity contribution in [2.75, 3.05) is 31.1 Å². The molecule has 0 aliphatic carbocycles. The molecule has 1 aromatic heterocycles. The minimum absolute atomic E-state index is 0. The van der Waals surface area contributed by atoms with Crippen LogP contribution in [-0.2, 0) is 6.42 Å². The van der Waals surface area contributed by atoms with Crippen LogP contribution in [0.2, 0.25) is 0 Å². The first-order valence-corrected chi connectivity index (χ1v) is 10.4. The van der Waals surface area contributed by atoms with Crippen molar-refractivity contribution in [2.24, 2.45) is 4.99 Å². The summed E-state index contributed by atoms with van der Waals surface area (Å²) in [7, 11) is 0. The Morgan fingerprint density at radius 2 is 2.11 bits per heavy atom. The second-order valence-electron chi connectivity index (χ2n) is 6.85. The number of aliphatic imine (C=N–C) groups is 1. The van der Waals surface area contributed by atoms with Gasteiger partial charge in [0.05, 0.1) is 5.69 Å². The third-order valence-corrected chi connectivity index (χ3v) is 5.38. The van der Waals surface area contributed by atoms with E-state index in [0.29, 0.717) is 6.04 Å². The van der Waals surface area contributed by atoms with Gasteiger partial charge in [0.15, 0.2) is 5.96 Å². The standard InChI is InChI=1S/C21H28BrN5.HI/c1-3-23-21(24-12-10-17-9-8-16(2)25-14-17)26-18-11-13-27(15-18)20-7-5-4-6-19(20)22;/h4-9,14,18H,3,10-13,15H2,1-2H3,(H2,23,24,26);1H. The molecule has 5 nitrogen and oxygen atoms in total. The Morgan fingerprint density at radius 1 is 1.29 bits per heavy atom. The van der Waals surface area contributed by atoms with Crippen LogP contribution < -0.4 is 15.5 Å². The summed E-state index contributed by atoms with van der Waals surface area (Å²) in [5.41, 5.74) is 3.53. The average Bonchev–Trinajstić information content (AvgIpc) is 3.12. The van der Waals surface area contributed by atoms with E-state index in [1.54, 1.807) is 0 Å². The van der Waals surface area contributed by atoms with E-state index in [2.05, 4.69) is 79.8 Å². The van der Waals surface area contributed by atoms with Gasteiger partial charge in [0, 0.05) is 48.6 Å². The Labute approximate surface area is 193 Å². The third kappa shape index (κ3) is 6.62. The lowest BCUT2D eigenvalue weighted by atomic mass is 10.2. The van der Waals surface area contributed by atoms with Crippen molar-refractivity contribution in [3.8, 4) is 0 Å². The number of benzene rings is 1. The van der Waals surface area contributed by atoms with Gasteiger partial charge < -0.3 is 15.5 Å². The topological polar surface area (TPSA) is 52.6 Å². The van der Waals surface area contributed by atoms with Gasteiger partial charge in [-0.15, -0.1) is 24.0 Å². The van der Waals surface area contributed by atoms with Crippen molar-refractivity contribution < 1.29 is 0 Å².